The summed E-state index contributed by atoms with van der Waals surface area (Å²) in [7, 11) is 0. The standard InChI is InChI=1S/C20H26F3N5O/c1-12-15(13(2)28-19(24-12)25-18(26-28)20(21,22)23)9-10-17(29)27-11-5-7-14-6-3-4-8-16(14)27/h14,16H,3-11H2,1-2H3/t14-,16-/m0/s1. The largest absolute Gasteiger partial charge is 0.453 e. The third-order valence-corrected chi connectivity index (χ3v) is 6.45. The van der Waals surface area contributed by atoms with Crippen LogP contribution in [0.3, 0.4) is 0 Å². The number of aryl methyl sites for hydroxylation is 2. The van der Waals surface area contributed by atoms with E-state index in [4.69, 9.17) is 0 Å². The van der Waals surface area contributed by atoms with Crippen LogP contribution >= 0.6 is 0 Å². The summed E-state index contributed by atoms with van der Waals surface area (Å²) in [6.07, 6.45) is 3.14. The molecule has 2 aromatic heterocycles. The zero-order chi connectivity index (χ0) is 20.8. The first-order valence-electron chi connectivity index (χ1n) is 10.3. The van der Waals surface area contributed by atoms with Crippen molar-refractivity contribution in [1.82, 2.24) is 24.5 Å². The SMILES string of the molecule is Cc1nc2nc(C(F)(F)F)nn2c(C)c1CCC(=O)N1CCC[C@@H]2CCCC[C@@H]21. The maximum absolute atomic E-state index is 13.0. The summed E-state index contributed by atoms with van der Waals surface area (Å²) >= 11 is 0. The topological polar surface area (TPSA) is 63.4 Å². The lowest BCUT2D eigenvalue weighted by atomic mass is 9.78. The van der Waals surface area contributed by atoms with Crippen LogP contribution in [0.5, 0.6) is 0 Å². The highest BCUT2D eigenvalue weighted by atomic mass is 19.4. The number of halogens is 3. The highest BCUT2D eigenvalue weighted by molar-refractivity contribution is 5.77. The van der Waals surface area contributed by atoms with Crippen molar-refractivity contribution in [2.24, 2.45) is 5.92 Å². The molecule has 0 unspecified atom stereocenters. The second kappa shape index (κ2) is 7.57. The Morgan fingerprint density at radius 1 is 1.10 bits per heavy atom. The fourth-order valence-corrected chi connectivity index (χ4v) is 5.00. The first-order valence-corrected chi connectivity index (χ1v) is 10.3. The van der Waals surface area contributed by atoms with Crippen LogP contribution in [0.4, 0.5) is 13.2 Å². The van der Waals surface area contributed by atoms with Crippen molar-refractivity contribution in [2.45, 2.75) is 77.4 Å². The van der Waals surface area contributed by atoms with Gasteiger partial charge in [0.2, 0.25) is 5.91 Å². The van der Waals surface area contributed by atoms with Crippen LogP contribution in [0, 0.1) is 19.8 Å². The van der Waals surface area contributed by atoms with E-state index in [1.165, 1.54) is 25.7 Å². The van der Waals surface area contributed by atoms with Crippen molar-refractivity contribution in [3.8, 4) is 0 Å². The molecule has 2 fully saturated rings. The highest BCUT2D eigenvalue weighted by Crippen LogP contribution is 2.35. The molecule has 1 aliphatic heterocycles. The minimum absolute atomic E-state index is 0.0662. The van der Waals surface area contributed by atoms with Gasteiger partial charge >= 0.3 is 6.18 Å². The molecule has 0 bridgehead atoms. The smallest absolute Gasteiger partial charge is 0.339 e. The molecule has 4 rings (SSSR count). The Kier molecular flexibility index (Phi) is 5.25. The lowest BCUT2D eigenvalue weighted by Gasteiger charge is -2.44. The molecule has 1 amide bonds. The fourth-order valence-electron chi connectivity index (χ4n) is 5.00. The van der Waals surface area contributed by atoms with Crippen molar-refractivity contribution in [2.75, 3.05) is 6.54 Å². The van der Waals surface area contributed by atoms with Gasteiger partial charge in [0.05, 0.1) is 0 Å². The second-order valence-electron chi connectivity index (χ2n) is 8.25. The van der Waals surface area contributed by atoms with E-state index in [2.05, 4.69) is 20.0 Å². The van der Waals surface area contributed by atoms with Crippen molar-refractivity contribution in [1.29, 1.82) is 0 Å². The third-order valence-electron chi connectivity index (χ3n) is 6.45. The molecule has 2 aromatic rings. The van der Waals surface area contributed by atoms with E-state index < -0.39 is 12.0 Å². The molecular formula is C20H26F3N5O. The Morgan fingerprint density at radius 2 is 1.83 bits per heavy atom. The number of rotatable bonds is 3. The molecule has 0 aromatic carbocycles. The highest BCUT2D eigenvalue weighted by Gasteiger charge is 2.37. The third kappa shape index (κ3) is 3.83. The summed E-state index contributed by atoms with van der Waals surface area (Å²) in [5.74, 6) is -0.505. The molecule has 0 radical (unpaired) electrons. The number of piperidine rings is 1. The van der Waals surface area contributed by atoms with Gasteiger partial charge in [-0.05, 0) is 57.4 Å². The maximum atomic E-state index is 13.0. The minimum atomic E-state index is -4.62. The van der Waals surface area contributed by atoms with E-state index in [9.17, 15) is 18.0 Å². The van der Waals surface area contributed by atoms with Crippen LogP contribution in [0.1, 0.15) is 67.7 Å². The number of fused-ring (bicyclic) bond motifs is 2. The van der Waals surface area contributed by atoms with Crippen molar-refractivity contribution >= 4 is 11.7 Å². The van der Waals surface area contributed by atoms with Crippen LogP contribution in [0.15, 0.2) is 0 Å². The summed E-state index contributed by atoms with van der Waals surface area (Å²) < 4.78 is 39.9. The van der Waals surface area contributed by atoms with Gasteiger partial charge in [0.15, 0.2) is 0 Å². The van der Waals surface area contributed by atoms with E-state index in [-0.39, 0.29) is 11.7 Å². The van der Waals surface area contributed by atoms with Gasteiger partial charge < -0.3 is 4.90 Å². The van der Waals surface area contributed by atoms with Gasteiger partial charge in [-0.1, -0.05) is 12.8 Å². The van der Waals surface area contributed by atoms with E-state index in [1.54, 1.807) is 13.8 Å². The van der Waals surface area contributed by atoms with Gasteiger partial charge in [0.1, 0.15) is 0 Å². The van der Waals surface area contributed by atoms with Crippen LogP contribution < -0.4 is 0 Å². The summed E-state index contributed by atoms with van der Waals surface area (Å²) in [6, 6.07) is 0.359. The van der Waals surface area contributed by atoms with E-state index >= 15 is 0 Å². The number of carbonyl (C=O) groups is 1. The maximum Gasteiger partial charge on any atom is 0.453 e. The number of likely N-dealkylation sites (tertiary alicyclic amines) is 1. The van der Waals surface area contributed by atoms with Gasteiger partial charge in [-0.15, -0.1) is 5.10 Å². The number of amides is 1. The van der Waals surface area contributed by atoms with Crippen molar-refractivity contribution in [3.63, 3.8) is 0 Å². The summed E-state index contributed by atoms with van der Waals surface area (Å²) in [6.45, 7) is 4.26. The van der Waals surface area contributed by atoms with E-state index in [0.717, 1.165) is 29.5 Å². The first-order chi connectivity index (χ1) is 13.8. The lowest BCUT2D eigenvalue weighted by molar-refractivity contribution is -0.144. The molecule has 1 aliphatic carbocycles. The predicted molar refractivity (Wildman–Crippen MR) is 100 cm³/mol. The van der Waals surface area contributed by atoms with Gasteiger partial charge in [-0.3, -0.25) is 4.79 Å². The van der Waals surface area contributed by atoms with Gasteiger partial charge in [0, 0.05) is 30.4 Å². The number of hydrogen-bond acceptors (Lipinski definition) is 4. The monoisotopic (exact) mass is 409 g/mol. The molecule has 0 spiro atoms. The molecule has 29 heavy (non-hydrogen) atoms. The molecule has 6 nitrogen and oxygen atoms in total. The van der Waals surface area contributed by atoms with Crippen LogP contribution in [-0.4, -0.2) is 43.0 Å². The number of carbonyl (C=O) groups excluding carboxylic acids is 1. The molecule has 2 atom stereocenters. The summed E-state index contributed by atoms with van der Waals surface area (Å²) in [5, 5.41) is 3.58. The van der Waals surface area contributed by atoms with E-state index in [1.807, 2.05) is 0 Å². The molecule has 2 aliphatic rings. The van der Waals surface area contributed by atoms with Crippen molar-refractivity contribution < 1.29 is 18.0 Å². The average molecular weight is 409 g/mol. The number of hydrogen-bond donors (Lipinski definition) is 0. The van der Waals surface area contributed by atoms with Gasteiger partial charge in [-0.2, -0.15) is 18.2 Å². The lowest BCUT2D eigenvalue weighted by Crippen LogP contribution is -2.49. The molecule has 1 saturated carbocycles. The molecule has 0 N–H and O–H groups in total. The Hall–Kier alpha value is -2.19. The van der Waals surface area contributed by atoms with Gasteiger partial charge in [0.25, 0.3) is 11.6 Å². The van der Waals surface area contributed by atoms with Gasteiger partial charge in [-0.25, -0.2) is 9.50 Å². The second-order valence-corrected chi connectivity index (χ2v) is 8.25. The summed E-state index contributed by atoms with van der Waals surface area (Å²) in [5.41, 5.74) is 1.91. The Morgan fingerprint density at radius 3 is 2.59 bits per heavy atom. The molecule has 158 valence electrons. The van der Waals surface area contributed by atoms with Crippen LogP contribution in [-0.2, 0) is 17.4 Å². The Bertz CT molecular complexity index is 921. The van der Waals surface area contributed by atoms with Crippen molar-refractivity contribution in [3.05, 3.63) is 22.8 Å². The number of alkyl halides is 3. The number of nitrogens with zero attached hydrogens (tertiary/aromatic N) is 5. The quantitative estimate of drug-likeness (QED) is 0.772. The predicted octanol–water partition coefficient (Wildman–Crippen LogP) is 3.87. The number of aromatic nitrogens is 4. The molecular weight excluding hydrogens is 383 g/mol. The van der Waals surface area contributed by atoms with Crippen LogP contribution in [0.25, 0.3) is 5.78 Å². The average Bonchev–Trinajstić information content (AvgIpc) is 3.12. The normalized spacial score (nSPS) is 22.7. The Labute approximate surface area is 167 Å². The molecule has 3 heterocycles. The zero-order valence-electron chi connectivity index (χ0n) is 16.8. The van der Waals surface area contributed by atoms with E-state index in [0.29, 0.717) is 36.2 Å². The fraction of sp³-hybridized carbons (Fsp3) is 0.700. The molecule has 9 heteroatoms. The molecule has 1 saturated heterocycles. The summed E-state index contributed by atoms with van der Waals surface area (Å²) in [4.78, 5) is 22.7. The zero-order valence-corrected chi connectivity index (χ0v) is 16.8. The first kappa shape index (κ1) is 20.1. The Balaban J connectivity index is 1.52. The van der Waals surface area contributed by atoms with Crippen LogP contribution in [0.2, 0.25) is 0 Å². The minimum Gasteiger partial charge on any atom is -0.339 e.